The van der Waals surface area contributed by atoms with E-state index < -0.39 is 4.83 Å². The molecule has 1 heterocycles. The predicted octanol–water partition coefficient (Wildman–Crippen LogP) is 5.98. The van der Waals surface area contributed by atoms with Gasteiger partial charge in [-0.15, -0.1) is 0 Å². The van der Waals surface area contributed by atoms with Crippen LogP contribution >= 0.6 is 55.1 Å². The van der Waals surface area contributed by atoms with Gasteiger partial charge in [0, 0.05) is 10.0 Å². The fraction of sp³-hybridized carbons (Fsp3) is 0.214. The Morgan fingerprint density at radius 1 is 1.20 bits per heavy atom. The number of furan rings is 1. The average molecular weight is 441 g/mol. The second-order valence-corrected chi connectivity index (χ2v) is 7.06. The maximum Gasteiger partial charge on any atom is 0.213 e. The second-order valence-electron chi connectivity index (χ2n) is 4.24. The summed E-state index contributed by atoms with van der Waals surface area (Å²) in [4.78, 5) is 11.5. The molecule has 2 rings (SSSR count). The largest absolute Gasteiger partial charge is 0.458 e. The third-order valence-electron chi connectivity index (χ3n) is 2.75. The van der Waals surface area contributed by atoms with Crippen LogP contribution in [0.5, 0.6) is 0 Å². The van der Waals surface area contributed by atoms with Crippen molar-refractivity contribution in [1.82, 2.24) is 0 Å². The number of Topliss-reactive ketones (excluding diaryl/α,β-unsaturated/α-hetero) is 1. The summed E-state index contributed by atoms with van der Waals surface area (Å²) in [6.07, 6.45) is 0. The van der Waals surface area contributed by atoms with E-state index >= 15 is 0 Å². The highest BCUT2D eigenvalue weighted by Gasteiger charge is 2.29. The van der Waals surface area contributed by atoms with E-state index in [-0.39, 0.29) is 10.6 Å². The standard InChI is InChI=1S/C14H10Br2Cl2O2/c1-7-2-5-11(20-7)14(19)13(16)12(15)9-4-3-8(17)6-10(9)18/h2-6,12-13H,1H3. The van der Waals surface area contributed by atoms with Crippen LogP contribution in [0.3, 0.4) is 0 Å². The van der Waals surface area contributed by atoms with Gasteiger partial charge in [-0.3, -0.25) is 4.79 Å². The van der Waals surface area contributed by atoms with Gasteiger partial charge in [0.15, 0.2) is 5.76 Å². The molecule has 1 aromatic heterocycles. The number of aryl methyl sites for hydroxylation is 1. The first-order chi connectivity index (χ1) is 9.40. The summed E-state index contributed by atoms with van der Waals surface area (Å²) in [5, 5.41) is 1.06. The van der Waals surface area contributed by atoms with Gasteiger partial charge in [-0.1, -0.05) is 61.1 Å². The molecule has 1 aromatic carbocycles. The topological polar surface area (TPSA) is 30.2 Å². The van der Waals surface area contributed by atoms with Crippen LogP contribution in [0.25, 0.3) is 0 Å². The molecule has 2 aromatic rings. The van der Waals surface area contributed by atoms with Gasteiger partial charge in [0.1, 0.15) is 5.76 Å². The molecule has 0 aliphatic rings. The Kier molecular flexibility index (Phi) is 5.35. The maximum atomic E-state index is 12.3. The molecule has 2 nitrogen and oxygen atoms in total. The lowest BCUT2D eigenvalue weighted by atomic mass is 10.1. The molecule has 0 bridgehead atoms. The van der Waals surface area contributed by atoms with Crippen LogP contribution in [0.2, 0.25) is 10.0 Å². The van der Waals surface area contributed by atoms with Crippen molar-refractivity contribution < 1.29 is 9.21 Å². The van der Waals surface area contributed by atoms with Gasteiger partial charge in [-0.25, -0.2) is 0 Å². The van der Waals surface area contributed by atoms with Crippen LogP contribution in [0, 0.1) is 6.92 Å². The Morgan fingerprint density at radius 3 is 2.45 bits per heavy atom. The average Bonchev–Trinajstić information content (AvgIpc) is 2.83. The molecule has 6 heteroatoms. The van der Waals surface area contributed by atoms with Gasteiger partial charge in [-0.2, -0.15) is 0 Å². The number of halogens is 4. The molecule has 2 unspecified atom stereocenters. The van der Waals surface area contributed by atoms with Crippen LogP contribution in [0.15, 0.2) is 34.7 Å². The number of rotatable bonds is 4. The van der Waals surface area contributed by atoms with Gasteiger partial charge < -0.3 is 4.42 Å². The van der Waals surface area contributed by atoms with E-state index in [4.69, 9.17) is 27.6 Å². The summed E-state index contributed by atoms with van der Waals surface area (Å²) in [6.45, 7) is 1.79. The third kappa shape index (κ3) is 3.48. The van der Waals surface area contributed by atoms with E-state index in [0.717, 1.165) is 5.56 Å². The number of benzene rings is 1. The van der Waals surface area contributed by atoms with Crippen LogP contribution in [0.1, 0.15) is 26.7 Å². The summed E-state index contributed by atoms with van der Waals surface area (Å²) in [5.74, 6) is 0.869. The molecule has 0 spiro atoms. The number of ketones is 1. The normalized spacial score (nSPS) is 14.1. The number of carbonyl (C=O) groups is 1. The van der Waals surface area contributed by atoms with E-state index in [1.54, 1.807) is 37.3 Å². The predicted molar refractivity (Wildman–Crippen MR) is 88.6 cm³/mol. The Labute approximate surface area is 143 Å². The first kappa shape index (κ1) is 16.1. The molecule has 0 saturated heterocycles. The lowest BCUT2D eigenvalue weighted by Gasteiger charge is -2.16. The fourth-order valence-corrected chi connectivity index (χ4v) is 3.53. The molecular weight excluding hydrogens is 431 g/mol. The van der Waals surface area contributed by atoms with Crippen molar-refractivity contribution in [1.29, 1.82) is 0 Å². The van der Waals surface area contributed by atoms with Crippen molar-refractivity contribution in [2.45, 2.75) is 16.6 Å². The van der Waals surface area contributed by atoms with Gasteiger partial charge in [0.05, 0.1) is 9.65 Å². The zero-order valence-corrected chi connectivity index (χ0v) is 15.1. The lowest BCUT2D eigenvalue weighted by Crippen LogP contribution is -2.19. The first-order valence-electron chi connectivity index (χ1n) is 5.74. The lowest BCUT2D eigenvalue weighted by molar-refractivity contribution is 0.0963. The minimum atomic E-state index is -0.494. The molecule has 0 aliphatic carbocycles. The Hall–Kier alpha value is -0.290. The summed E-state index contributed by atoms with van der Waals surface area (Å²) < 4.78 is 5.35. The molecule has 0 amide bonds. The first-order valence-corrected chi connectivity index (χ1v) is 8.32. The second kappa shape index (κ2) is 6.65. The zero-order chi connectivity index (χ0) is 14.9. The Balaban J connectivity index is 2.24. The smallest absolute Gasteiger partial charge is 0.213 e. The molecule has 0 aliphatic heterocycles. The highest BCUT2D eigenvalue weighted by molar-refractivity contribution is 9.12. The molecule has 2 atom stereocenters. The van der Waals surface area contributed by atoms with Crippen molar-refractivity contribution in [3.63, 3.8) is 0 Å². The molecule has 0 fully saturated rings. The van der Waals surface area contributed by atoms with E-state index in [1.807, 2.05) is 0 Å². The van der Waals surface area contributed by atoms with Crippen molar-refractivity contribution in [3.8, 4) is 0 Å². The highest BCUT2D eigenvalue weighted by Crippen LogP contribution is 2.38. The van der Waals surface area contributed by atoms with Crippen LogP contribution in [-0.4, -0.2) is 10.6 Å². The summed E-state index contributed by atoms with van der Waals surface area (Å²) >= 11 is 18.9. The zero-order valence-electron chi connectivity index (χ0n) is 10.4. The van der Waals surface area contributed by atoms with Gasteiger partial charge >= 0.3 is 0 Å². The summed E-state index contributed by atoms with van der Waals surface area (Å²) in [7, 11) is 0. The monoisotopic (exact) mass is 438 g/mol. The Bertz CT molecular complexity index is 640. The van der Waals surface area contributed by atoms with E-state index in [2.05, 4.69) is 31.9 Å². The SMILES string of the molecule is Cc1ccc(C(=O)C(Br)C(Br)c2ccc(Cl)cc2Cl)o1. The number of hydrogen-bond acceptors (Lipinski definition) is 2. The van der Waals surface area contributed by atoms with Crippen LogP contribution < -0.4 is 0 Å². The van der Waals surface area contributed by atoms with E-state index in [0.29, 0.717) is 21.6 Å². The summed E-state index contributed by atoms with van der Waals surface area (Å²) in [6, 6.07) is 8.59. The fourth-order valence-electron chi connectivity index (χ4n) is 1.72. The van der Waals surface area contributed by atoms with Crippen molar-refractivity contribution in [2.75, 3.05) is 0 Å². The molecule has 0 radical (unpaired) electrons. The van der Waals surface area contributed by atoms with E-state index in [9.17, 15) is 4.79 Å². The molecule has 0 saturated carbocycles. The van der Waals surface area contributed by atoms with Crippen LogP contribution in [0.4, 0.5) is 0 Å². The van der Waals surface area contributed by atoms with Crippen molar-refractivity contribution in [3.05, 3.63) is 57.5 Å². The minimum Gasteiger partial charge on any atom is -0.458 e. The molecule has 106 valence electrons. The van der Waals surface area contributed by atoms with Crippen LogP contribution in [-0.2, 0) is 0 Å². The van der Waals surface area contributed by atoms with Gasteiger partial charge in [0.25, 0.3) is 0 Å². The Morgan fingerprint density at radius 2 is 1.90 bits per heavy atom. The maximum absolute atomic E-state index is 12.3. The van der Waals surface area contributed by atoms with Crippen molar-refractivity contribution in [2.24, 2.45) is 0 Å². The number of alkyl halides is 2. The highest BCUT2D eigenvalue weighted by atomic mass is 79.9. The van der Waals surface area contributed by atoms with E-state index in [1.165, 1.54) is 0 Å². The van der Waals surface area contributed by atoms with Gasteiger partial charge in [-0.05, 0) is 36.8 Å². The molecule has 20 heavy (non-hydrogen) atoms. The third-order valence-corrected chi connectivity index (χ3v) is 5.99. The summed E-state index contributed by atoms with van der Waals surface area (Å²) in [5.41, 5.74) is 0.787. The number of carbonyl (C=O) groups excluding carboxylic acids is 1. The minimum absolute atomic E-state index is 0.147. The molecule has 0 N–H and O–H groups in total. The molecular formula is C14H10Br2Cl2O2. The quantitative estimate of drug-likeness (QED) is 0.432. The number of hydrogen-bond donors (Lipinski definition) is 0. The van der Waals surface area contributed by atoms with Gasteiger partial charge in [0.2, 0.25) is 5.78 Å². The van der Waals surface area contributed by atoms with Crippen molar-refractivity contribution >= 4 is 60.8 Å².